The highest BCUT2D eigenvalue weighted by atomic mass is 32.2. The highest BCUT2D eigenvalue weighted by Crippen LogP contribution is 2.27. The first-order chi connectivity index (χ1) is 12.9. The lowest BCUT2D eigenvalue weighted by Crippen LogP contribution is -2.27. The van der Waals surface area contributed by atoms with Crippen LogP contribution >= 0.6 is 11.8 Å². The van der Waals surface area contributed by atoms with E-state index in [0.717, 1.165) is 6.42 Å². The summed E-state index contributed by atoms with van der Waals surface area (Å²) in [4.78, 5) is 30.3. The summed E-state index contributed by atoms with van der Waals surface area (Å²) in [7, 11) is 0. The summed E-state index contributed by atoms with van der Waals surface area (Å²) in [5, 5.41) is 0.634. The second-order valence-electron chi connectivity index (χ2n) is 6.48. The van der Waals surface area contributed by atoms with Gasteiger partial charge in [0.05, 0.1) is 16.2 Å². The van der Waals surface area contributed by atoms with Gasteiger partial charge in [-0.1, -0.05) is 30.8 Å². The van der Waals surface area contributed by atoms with Crippen molar-refractivity contribution in [2.24, 2.45) is 0 Å². The van der Waals surface area contributed by atoms with Crippen LogP contribution in [0.15, 0.2) is 58.5 Å². The van der Waals surface area contributed by atoms with E-state index in [1.54, 1.807) is 23.6 Å². The van der Waals surface area contributed by atoms with E-state index in [1.165, 1.54) is 36.0 Å². The minimum absolute atomic E-state index is 0.0368. The highest BCUT2D eigenvalue weighted by molar-refractivity contribution is 8.00. The maximum absolute atomic E-state index is 13.1. The first-order valence-electron chi connectivity index (χ1n) is 8.90. The maximum atomic E-state index is 13.1. The van der Waals surface area contributed by atoms with Crippen molar-refractivity contribution in [2.45, 2.75) is 43.6 Å². The lowest BCUT2D eigenvalue weighted by molar-refractivity contribution is 0.0993. The first-order valence-corrected chi connectivity index (χ1v) is 9.78. The number of thioether (sulfide) groups is 1. The number of halogens is 1. The molecular formula is C21H21FN2O2S. The minimum atomic E-state index is -0.459. The SMILES string of the molecule is CC[C@H](C)n1c(S[C@H](C)C(=O)c2ccc(F)cc2)nc2ccccc2c1=O. The summed E-state index contributed by atoms with van der Waals surface area (Å²) < 4.78 is 14.8. The molecule has 0 amide bonds. The molecule has 0 N–H and O–H groups in total. The van der Waals surface area contributed by atoms with Crippen molar-refractivity contribution in [3.8, 4) is 0 Å². The molecule has 0 bridgehead atoms. The van der Waals surface area contributed by atoms with Gasteiger partial charge in [-0.2, -0.15) is 0 Å². The van der Waals surface area contributed by atoms with E-state index in [4.69, 9.17) is 0 Å². The van der Waals surface area contributed by atoms with Crippen LogP contribution < -0.4 is 5.56 Å². The molecule has 3 rings (SSSR count). The Balaban J connectivity index is 2.01. The average Bonchev–Trinajstić information content (AvgIpc) is 2.67. The van der Waals surface area contributed by atoms with E-state index >= 15 is 0 Å². The Labute approximate surface area is 161 Å². The van der Waals surface area contributed by atoms with Gasteiger partial charge in [0, 0.05) is 11.6 Å². The number of aromatic nitrogens is 2. The number of benzene rings is 2. The minimum Gasteiger partial charge on any atom is -0.293 e. The number of Topliss-reactive ketones (excluding diaryl/α,β-unsaturated/α-hetero) is 1. The molecule has 1 heterocycles. The third kappa shape index (κ3) is 3.95. The van der Waals surface area contributed by atoms with Gasteiger partial charge in [-0.05, 0) is 56.7 Å². The van der Waals surface area contributed by atoms with E-state index in [2.05, 4.69) is 4.98 Å². The van der Waals surface area contributed by atoms with E-state index in [1.807, 2.05) is 26.0 Å². The van der Waals surface area contributed by atoms with Crippen molar-refractivity contribution < 1.29 is 9.18 Å². The summed E-state index contributed by atoms with van der Waals surface area (Å²) in [6.07, 6.45) is 0.772. The average molecular weight is 384 g/mol. The fourth-order valence-corrected chi connectivity index (χ4v) is 3.93. The third-order valence-electron chi connectivity index (χ3n) is 4.59. The highest BCUT2D eigenvalue weighted by Gasteiger charge is 2.22. The number of ketones is 1. The standard InChI is InChI=1S/C21H21FN2O2S/c1-4-13(2)24-20(26)17-7-5-6-8-18(17)23-21(24)27-14(3)19(25)15-9-11-16(22)12-10-15/h5-14H,4H2,1-3H3/t13-,14+/m0/s1. The molecule has 3 aromatic rings. The van der Waals surface area contributed by atoms with Crippen molar-refractivity contribution in [2.75, 3.05) is 0 Å². The predicted octanol–water partition coefficient (Wildman–Crippen LogP) is 4.87. The van der Waals surface area contributed by atoms with Gasteiger partial charge in [-0.25, -0.2) is 9.37 Å². The lowest BCUT2D eigenvalue weighted by atomic mass is 10.1. The predicted molar refractivity (Wildman–Crippen MR) is 107 cm³/mol. The second-order valence-corrected chi connectivity index (χ2v) is 7.78. The first kappa shape index (κ1) is 19.3. The number of para-hydroxylation sites is 1. The van der Waals surface area contributed by atoms with Gasteiger partial charge < -0.3 is 0 Å². The van der Waals surface area contributed by atoms with E-state index < -0.39 is 5.25 Å². The smallest absolute Gasteiger partial charge is 0.262 e. The molecule has 2 aromatic carbocycles. The molecule has 140 valence electrons. The van der Waals surface area contributed by atoms with Crippen LogP contribution in [0.2, 0.25) is 0 Å². The number of nitrogens with zero attached hydrogens (tertiary/aromatic N) is 2. The van der Waals surface area contributed by atoms with Crippen LogP contribution in [0.4, 0.5) is 4.39 Å². The molecule has 0 radical (unpaired) electrons. The molecule has 0 fully saturated rings. The molecule has 0 saturated carbocycles. The van der Waals surface area contributed by atoms with E-state index in [9.17, 15) is 14.0 Å². The van der Waals surface area contributed by atoms with Crippen LogP contribution in [0.25, 0.3) is 10.9 Å². The summed E-state index contributed by atoms with van der Waals surface area (Å²) >= 11 is 1.26. The maximum Gasteiger partial charge on any atom is 0.262 e. The molecule has 0 spiro atoms. The fourth-order valence-electron chi connectivity index (χ4n) is 2.84. The summed E-state index contributed by atoms with van der Waals surface area (Å²) in [6, 6.07) is 12.7. The van der Waals surface area contributed by atoms with Gasteiger partial charge in [0.25, 0.3) is 5.56 Å². The molecule has 6 heteroatoms. The van der Waals surface area contributed by atoms with Gasteiger partial charge in [-0.3, -0.25) is 14.2 Å². The Bertz CT molecular complexity index is 1030. The van der Waals surface area contributed by atoms with Crippen molar-refractivity contribution >= 4 is 28.4 Å². The zero-order chi connectivity index (χ0) is 19.6. The second kappa shape index (κ2) is 8.05. The van der Waals surface area contributed by atoms with Crippen LogP contribution in [0.3, 0.4) is 0 Å². The molecule has 4 nitrogen and oxygen atoms in total. The molecule has 2 atom stereocenters. The fraction of sp³-hybridized carbons (Fsp3) is 0.286. The molecule has 0 aliphatic heterocycles. The number of carbonyl (C=O) groups is 1. The van der Waals surface area contributed by atoms with Crippen LogP contribution in [0, 0.1) is 5.82 Å². The monoisotopic (exact) mass is 384 g/mol. The molecule has 0 aliphatic rings. The number of rotatable bonds is 6. The van der Waals surface area contributed by atoms with Gasteiger partial charge in [0.1, 0.15) is 5.82 Å². The van der Waals surface area contributed by atoms with Crippen LogP contribution in [-0.4, -0.2) is 20.6 Å². The van der Waals surface area contributed by atoms with Crippen molar-refractivity contribution in [3.63, 3.8) is 0 Å². The molecule has 0 unspecified atom stereocenters. The van der Waals surface area contributed by atoms with Crippen molar-refractivity contribution in [3.05, 3.63) is 70.3 Å². The van der Waals surface area contributed by atoms with E-state index in [-0.39, 0.29) is 23.2 Å². The van der Waals surface area contributed by atoms with Crippen molar-refractivity contribution in [1.82, 2.24) is 9.55 Å². The number of hydrogen-bond donors (Lipinski definition) is 0. The number of hydrogen-bond acceptors (Lipinski definition) is 4. The summed E-state index contributed by atoms with van der Waals surface area (Å²) in [6.45, 7) is 5.75. The van der Waals surface area contributed by atoms with Crippen LogP contribution in [-0.2, 0) is 0 Å². The van der Waals surface area contributed by atoms with Crippen LogP contribution in [0.1, 0.15) is 43.6 Å². The summed E-state index contributed by atoms with van der Waals surface area (Å²) in [5.41, 5.74) is 0.958. The molecular weight excluding hydrogens is 363 g/mol. The molecule has 27 heavy (non-hydrogen) atoms. The Hall–Kier alpha value is -2.47. The normalized spacial score (nSPS) is 13.5. The van der Waals surface area contributed by atoms with Gasteiger partial charge >= 0.3 is 0 Å². The van der Waals surface area contributed by atoms with E-state index in [0.29, 0.717) is 21.6 Å². The molecule has 0 saturated heterocycles. The zero-order valence-electron chi connectivity index (χ0n) is 15.5. The largest absolute Gasteiger partial charge is 0.293 e. The summed E-state index contributed by atoms with van der Waals surface area (Å²) in [5.74, 6) is -0.508. The van der Waals surface area contributed by atoms with Crippen molar-refractivity contribution in [1.29, 1.82) is 0 Å². The Morgan fingerprint density at radius 3 is 2.48 bits per heavy atom. The topological polar surface area (TPSA) is 52.0 Å². The molecule has 0 aliphatic carbocycles. The number of carbonyl (C=O) groups excluding carboxylic acids is 1. The molecule has 1 aromatic heterocycles. The van der Waals surface area contributed by atoms with Gasteiger partial charge in [0.15, 0.2) is 10.9 Å². The quantitative estimate of drug-likeness (QED) is 0.346. The zero-order valence-corrected chi connectivity index (χ0v) is 16.3. The Morgan fingerprint density at radius 1 is 1.15 bits per heavy atom. The van der Waals surface area contributed by atoms with Gasteiger partial charge in [-0.15, -0.1) is 0 Å². The number of fused-ring (bicyclic) bond motifs is 1. The Morgan fingerprint density at radius 2 is 1.81 bits per heavy atom. The third-order valence-corrected chi connectivity index (χ3v) is 5.65. The lowest BCUT2D eigenvalue weighted by Gasteiger charge is -2.20. The van der Waals surface area contributed by atoms with Crippen LogP contribution in [0.5, 0.6) is 0 Å². The Kier molecular flexibility index (Phi) is 5.75. The van der Waals surface area contributed by atoms with Gasteiger partial charge in [0.2, 0.25) is 0 Å².